The minimum absolute atomic E-state index is 0.0934. The number of carbonyl (C=O) groups is 1. The number of benzene rings is 3. The molecule has 0 N–H and O–H groups in total. The number of ketones is 1. The number of nitrogens with zero attached hydrogens (tertiary/aromatic N) is 1. The average Bonchev–Trinajstić information content (AvgIpc) is 2.74. The Hall–Kier alpha value is -2.24. The minimum atomic E-state index is -0.0934. The fourth-order valence-electron chi connectivity index (χ4n) is 2.57. The third-order valence-corrected chi connectivity index (χ3v) is 5.42. The molecule has 160 valence electrons. The molecule has 3 aromatic rings. The van der Waals surface area contributed by atoms with Gasteiger partial charge >= 0.3 is 0 Å². The molecular formula is C23H17Cl4NO3. The number of carbonyl (C=O) groups excluding carboxylic acids is 1. The first kappa shape index (κ1) is 23.4. The molecule has 31 heavy (non-hydrogen) atoms. The smallest absolute Gasteiger partial charge is 0.168 e. The summed E-state index contributed by atoms with van der Waals surface area (Å²) in [5.41, 5.74) is 2.12. The lowest BCUT2D eigenvalue weighted by Crippen LogP contribution is -2.01. The van der Waals surface area contributed by atoms with Gasteiger partial charge in [-0.3, -0.25) is 4.79 Å². The quantitative estimate of drug-likeness (QED) is 0.173. The number of ether oxygens (including phenoxy) is 1. The van der Waals surface area contributed by atoms with Crippen LogP contribution in [0.2, 0.25) is 20.1 Å². The Morgan fingerprint density at radius 2 is 1.39 bits per heavy atom. The van der Waals surface area contributed by atoms with E-state index < -0.39 is 0 Å². The molecule has 3 aromatic carbocycles. The number of Topliss-reactive ketones (excluding diaryl/α,β-unsaturated/α-hetero) is 1. The number of rotatable bonds is 9. The average molecular weight is 497 g/mol. The second-order valence-corrected chi connectivity index (χ2v) is 8.16. The number of hydrogen-bond acceptors (Lipinski definition) is 4. The van der Waals surface area contributed by atoms with Gasteiger partial charge in [0.2, 0.25) is 0 Å². The summed E-state index contributed by atoms with van der Waals surface area (Å²) < 4.78 is 5.72. The van der Waals surface area contributed by atoms with Gasteiger partial charge in [-0.1, -0.05) is 63.7 Å². The molecule has 0 saturated heterocycles. The first-order valence-corrected chi connectivity index (χ1v) is 10.7. The van der Waals surface area contributed by atoms with Crippen molar-refractivity contribution in [2.75, 3.05) is 0 Å². The van der Waals surface area contributed by atoms with E-state index in [1.54, 1.807) is 54.6 Å². The van der Waals surface area contributed by atoms with Gasteiger partial charge in [-0.05, 0) is 48.5 Å². The van der Waals surface area contributed by atoms with E-state index in [1.807, 2.05) is 6.07 Å². The van der Waals surface area contributed by atoms with E-state index in [4.69, 9.17) is 56.0 Å². The summed E-state index contributed by atoms with van der Waals surface area (Å²) in [6, 6.07) is 17.2. The monoisotopic (exact) mass is 495 g/mol. The van der Waals surface area contributed by atoms with Crippen LogP contribution < -0.4 is 4.74 Å². The normalized spacial score (nSPS) is 11.0. The predicted octanol–water partition coefficient (Wildman–Crippen LogP) is 7.65. The molecule has 0 aliphatic rings. The molecule has 8 heteroatoms. The number of oxime groups is 1. The Bertz CT molecular complexity index is 1080. The molecule has 4 nitrogen and oxygen atoms in total. The van der Waals surface area contributed by atoms with E-state index in [0.29, 0.717) is 38.0 Å². The van der Waals surface area contributed by atoms with Crippen molar-refractivity contribution in [2.24, 2.45) is 5.16 Å². The second-order valence-electron chi connectivity index (χ2n) is 6.47. The van der Waals surface area contributed by atoms with Gasteiger partial charge in [0, 0.05) is 43.2 Å². The molecule has 3 rings (SSSR count). The molecule has 0 atom stereocenters. The highest BCUT2D eigenvalue weighted by Gasteiger charge is 2.07. The van der Waals surface area contributed by atoms with Crippen molar-refractivity contribution in [3.05, 3.63) is 97.4 Å². The standard InChI is InChI=1S/C23H17Cl4NO3/c24-18-5-1-16(21(26)11-18)13-30-20-7-3-15(4-8-20)23(29)9-10-28-31-14-17-2-6-19(25)12-22(17)27/h1-8,10-12H,9,13-14H2/b28-10-. The molecule has 0 radical (unpaired) electrons. The Kier molecular flexibility index (Phi) is 8.61. The molecule has 0 aliphatic carbocycles. The fraction of sp³-hybridized carbons (Fsp3) is 0.130. The summed E-state index contributed by atoms with van der Waals surface area (Å²) in [4.78, 5) is 17.5. The van der Waals surface area contributed by atoms with Crippen LogP contribution >= 0.6 is 46.4 Å². The first-order valence-electron chi connectivity index (χ1n) is 9.20. The lowest BCUT2D eigenvalue weighted by Gasteiger charge is -2.08. The van der Waals surface area contributed by atoms with E-state index in [0.717, 1.165) is 11.1 Å². The van der Waals surface area contributed by atoms with Gasteiger partial charge in [-0.15, -0.1) is 0 Å². The summed E-state index contributed by atoms with van der Waals surface area (Å²) >= 11 is 23.9. The largest absolute Gasteiger partial charge is 0.489 e. The van der Waals surface area contributed by atoms with Crippen LogP contribution in [0, 0.1) is 0 Å². The first-order chi connectivity index (χ1) is 14.9. The second kappa shape index (κ2) is 11.4. The van der Waals surface area contributed by atoms with Crippen molar-refractivity contribution in [3.63, 3.8) is 0 Å². The minimum Gasteiger partial charge on any atom is -0.489 e. The Labute approximate surface area is 200 Å². The maximum absolute atomic E-state index is 12.3. The van der Waals surface area contributed by atoms with E-state index in [9.17, 15) is 4.79 Å². The van der Waals surface area contributed by atoms with Gasteiger partial charge in [-0.2, -0.15) is 0 Å². The van der Waals surface area contributed by atoms with Crippen molar-refractivity contribution in [2.45, 2.75) is 19.6 Å². The van der Waals surface area contributed by atoms with Crippen LogP contribution in [0.25, 0.3) is 0 Å². The van der Waals surface area contributed by atoms with Crippen LogP contribution in [0.15, 0.2) is 65.8 Å². The maximum atomic E-state index is 12.3. The lowest BCUT2D eigenvalue weighted by atomic mass is 10.1. The highest BCUT2D eigenvalue weighted by Crippen LogP contribution is 2.23. The maximum Gasteiger partial charge on any atom is 0.168 e. The van der Waals surface area contributed by atoms with Crippen molar-refractivity contribution < 1.29 is 14.4 Å². The van der Waals surface area contributed by atoms with Crippen LogP contribution in [0.4, 0.5) is 0 Å². The topological polar surface area (TPSA) is 47.9 Å². The Morgan fingerprint density at radius 3 is 1.97 bits per heavy atom. The van der Waals surface area contributed by atoms with Crippen LogP contribution in [-0.2, 0) is 18.1 Å². The van der Waals surface area contributed by atoms with Gasteiger partial charge in [-0.25, -0.2) is 0 Å². The van der Waals surface area contributed by atoms with Crippen molar-refractivity contribution in [3.8, 4) is 5.75 Å². The van der Waals surface area contributed by atoms with Gasteiger partial charge in [0.25, 0.3) is 0 Å². The summed E-state index contributed by atoms with van der Waals surface area (Å²) in [5, 5.41) is 5.96. The Balaban J connectivity index is 1.45. The molecule has 0 amide bonds. The van der Waals surface area contributed by atoms with Gasteiger partial charge in [0.05, 0.1) is 6.21 Å². The van der Waals surface area contributed by atoms with Gasteiger partial charge in [0.1, 0.15) is 19.0 Å². The zero-order valence-electron chi connectivity index (χ0n) is 16.2. The molecule has 0 heterocycles. The molecular weight excluding hydrogens is 480 g/mol. The predicted molar refractivity (Wildman–Crippen MR) is 126 cm³/mol. The van der Waals surface area contributed by atoms with Crippen molar-refractivity contribution >= 4 is 58.4 Å². The van der Waals surface area contributed by atoms with E-state index >= 15 is 0 Å². The lowest BCUT2D eigenvalue weighted by molar-refractivity contribution is 0.0996. The SMILES string of the molecule is O=C(C/C=N\OCc1ccc(Cl)cc1Cl)c1ccc(OCc2ccc(Cl)cc2Cl)cc1. The highest BCUT2D eigenvalue weighted by molar-refractivity contribution is 6.35. The van der Waals surface area contributed by atoms with Crippen LogP contribution in [-0.4, -0.2) is 12.0 Å². The van der Waals surface area contributed by atoms with E-state index in [1.165, 1.54) is 6.21 Å². The molecule has 0 spiro atoms. The summed E-state index contributed by atoms with van der Waals surface area (Å²) in [6.45, 7) is 0.481. The third kappa shape index (κ3) is 7.15. The van der Waals surface area contributed by atoms with Gasteiger partial charge in [0.15, 0.2) is 5.78 Å². The number of halogens is 4. The molecule has 0 saturated carbocycles. The summed E-state index contributed by atoms with van der Waals surface area (Å²) in [6.07, 6.45) is 1.52. The van der Waals surface area contributed by atoms with Crippen LogP contribution in [0.5, 0.6) is 5.75 Å². The van der Waals surface area contributed by atoms with E-state index in [2.05, 4.69) is 5.16 Å². The van der Waals surface area contributed by atoms with Crippen molar-refractivity contribution in [1.29, 1.82) is 0 Å². The highest BCUT2D eigenvalue weighted by atomic mass is 35.5. The molecule has 0 unspecified atom stereocenters. The molecule has 0 bridgehead atoms. The van der Waals surface area contributed by atoms with E-state index in [-0.39, 0.29) is 18.8 Å². The van der Waals surface area contributed by atoms with Crippen molar-refractivity contribution in [1.82, 2.24) is 0 Å². The molecule has 0 aliphatic heterocycles. The zero-order valence-corrected chi connectivity index (χ0v) is 19.2. The van der Waals surface area contributed by atoms with Crippen LogP contribution in [0.1, 0.15) is 27.9 Å². The summed E-state index contributed by atoms with van der Waals surface area (Å²) in [7, 11) is 0. The van der Waals surface area contributed by atoms with Gasteiger partial charge < -0.3 is 9.57 Å². The molecule has 0 fully saturated rings. The number of hydrogen-bond donors (Lipinski definition) is 0. The zero-order chi connectivity index (χ0) is 22.2. The molecule has 0 aromatic heterocycles. The summed E-state index contributed by atoms with van der Waals surface area (Å²) in [5.74, 6) is 0.531. The Morgan fingerprint density at radius 1 is 0.806 bits per heavy atom. The van der Waals surface area contributed by atoms with Crippen LogP contribution in [0.3, 0.4) is 0 Å². The third-order valence-electron chi connectivity index (χ3n) is 4.25. The fourth-order valence-corrected chi connectivity index (χ4v) is 3.50.